The molecule has 0 amide bonds. The Labute approximate surface area is 168 Å². The lowest BCUT2D eigenvalue weighted by Gasteiger charge is -2.23. The molecule has 0 bridgehead atoms. The van der Waals surface area contributed by atoms with Gasteiger partial charge in [0.25, 0.3) is 0 Å². The minimum atomic E-state index is 0.0706. The largest absolute Gasteiger partial charge is 0.394 e. The van der Waals surface area contributed by atoms with Gasteiger partial charge in [0.15, 0.2) is 0 Å². The Bertz CT molecular complexity index is 1130. The smallest absolute Gasteiger partial charge is 0.228 e. The van der Waals surface area contributed by atoms with Crippen LogP contribution in [0.4, 0.5) is 17.6 Å². The summed E-state index contributed by atoms with van der Waals surface area (Å²) in [7, 11) is 0. The van der Waals surface area contributed by atoms with E-state index in [0.717, 1.165) is 36.0 Å². The van der Waals surface area contributed by atoms with Gasteiger partial charge < -0.3 is 19.9 Å². The van der Waals surface area contributed by atoms with Crippen molar-refractivity contribution in [3.8, 4) is 5.69 Å². The monoisotopic (exact) mass is 386 g/mol. The Morgan fingerprint density at radius 1 is 1.03 bits per heavy atom. The number of anilines is 3. The van der Waals surface area contributed by atoms with Gasteiger partial charge in [-0.05, 0) is 37.1 Å². The van der Waals surface area contributed by atoms with Crippen LogP contribution in [0.5, 0.6) is 0 Å². The zero-order valence-corrected chi connectivity index (χ0v) is 15.9. The maximum atomic E-state index is 9.70. The quantitative estimate of drug-likeness (QED) is 0.546. The van der Waals surface area contributed by atoms with Crippen molar-refractivity contribution >= 4 is 28.5 Å². The highest BCUT2D eigenvalue weighted by Crippen LogP contribution is 2.29. The van der Waals surface area contributed by atoms with Crippen LogP contribution in [0, 0.1) is 0 Å². The van der Waals surface area contributed by atoms with Gasteiger partial charge in [-0.3, -0.25) is 0 Å². The molecule has 0 saturated carbocycles. The van der Waals surface area contributed by atoms with E-state index in [1.807, 2.05) is 65.4 Å². The molecule has 1 aliphatic heterocycles. The topological polar surface area (TPSA) is 79.1 Å². The van der Waals surface area contributed by atoms with Crippen LogP contribution in [0.25, 0.3) is 16.6 Å². The van der Waals surface area contributed by atoms with Gasteiger partial charge in [-0.25, -0.2) is 9.97 Å². The van der Waals surface area contributed by atoms with Gasteiger partial charge in [0, 0.05) is 17.6 Å². The van der Waals surface area contributed by atoms with Gasteiger partial charge >= 0.3 is 0 Å². The van der Waals surface area contributed by atoms with Gasteiger partial charge in [-0.1, -0.05) is 30.3 Å². The van der Waals surface area contributed by atoms with Gasteiger partial charge in [0.2, 0.25) is 5.95 Å². The zero-order chi connectivity index (χ0) is 19.6. The summed E-state index contributed by atoms with van der Waals surface area (Å²) >= 11 is 0. The standard InChI is InChI=1S/C22H22N6O/c29-14-17-9-6-12-28(17)22-24-19-11-5-4-10-18(19)21(26-22)25-20-13-27(15-23-20)16-7-2-1-3-8-16/h1-5,7-8,10-11,13,15,17,29H,6,9,12,14H2,(H,24,25,26)/t17-/m0/s1. The molecular formula is C22H22N6O. The molecule has 4 aromatic rings. The van der Waals surface area contributed by atoms with Crippen molar-refractivity contribution < 1.29 is 5.11 Å². The number of nitrogens with one attached hydrogen (secondary N) is 1. The number of aromatic nitrogens is 4. The first-order chi connectivity index (χ1) is 14.3. The van der Waals surface area contributed by atoms with E-state index >= 15 is 0 Å². The summed E-state index contributed by atoms with van der Waals surface area (Å²) in [6.45, 7) is 0.964. The van der Waals surface area contributed by atoms with Crippen LogP contribution in [0.2, 0.25) is 0 Å². The summed E-state index contributed by atoms with van der Waals surface area (Å²) in [5.74, 6) is 2.07. The molecule has 0 unspecified atom stereocenters. The molecule has 5 rings (SSSR count). The van der Waals surface area contributed by atoms with Crippen molar-refractivity contribution in [3.63, 3.8) is 0 Å². The lowest BCUT2D eigenvalue weighted by atomic mass is 10.2. The first kappa shape index (κ1) is 17.6. The molecule has 7 nitrogen and oxygen atoms in total. The molecule has 7 heteroatoms. The SMILES string of the molecule is OC[C@@H]1CCCN1c1nc(Nc2cn(-c3ccccc3)cn2)c2ccccc2n1. The number of aliphatic hydroxyl groups is 1. The van der Waals surface area contributed by atoms with E-state index in [-0.39, 0.29) is 12.6 Å². The van der Waals surface area contributed by atoms with Crippen molar-refractivity contribution in [3.05, 3.63) is 67.1 Å². The summed E-state index contributed by atoms with van der Waals surface area (Å²) in [6, 6.07) is 18.1. The number of imidazole rings is 1. The average Bonchev–Trinajstić information content (AvgIpc) is 3.44. The van der Waals surface area contributed by atoms with E-state index in [4.69, 9.17) is 9.97 Å². The van der Waals surface area contributed by atoms with Crippen LogP contribution in [-0.4, -0.2) is 43.8 Å². The minimum Gasteiger partial charge on any atom is -0.394 e. The van der Waals surface area contributed by atoms with Crippen molar-refractivity contribution in [1.82, 2.24) is 19.5 Å². The lowest BCUT2D eigenvalue weighted by Crippen LogP contribution is -2.33. The molecule has 2 aromatic carbocycles. The van der Waals surface area contributed by atoms with E-state index in [9.17, 15) is 5.11 Å². The molecule has 0 radical (unpaired) electrons. The molecule has 146 valence electrons. The van der Waals surface area contributed by atoms with Crippen LogP contribution in [0.1, 0.15) is 12.8 Å². The average molecular weight is 386 g/mol. The van der Waals surface area contributed by atoms with Crippen LogP contribution in [0.15, 0.2) is 67.1 Å². The molecule has 1 fully saturated rings. The molecule has 0 spiro atoms. The number of fused-ring (bicyclic) bond motifs is 1. The second-order valence-corrected chi connectivity index (χ2v) is 7.19. The third-order valence-electron chi connectivity index (χ3n) is 5.32. The summed E-state index contributed by atoms with van der Waals surface area (Å²) in [6.07, 6.45) is 5.71. The number of nitrogens with zero attached hydrogens (tertiary/aromatic N) is 5. The van der Waals surface area contributed by atoms with E-state index in [1.165, 1.54) is 0 Å². The molecule has 29 heavy (non-hydrogen) atoms. The lowest BCUT2D eigenvalue weighted by molar-refractivity contribution is 0.265. The maximum absolute atomic E-state index is 9.70. The minimum absolute atomic E-state index is 0.0706. The molecular weight excluding hydrogens is 364 g/mol. The number of hydrogen-bond donors (Lipinski definition) is 2. The highest BCUT2D eigenvalue weighted by molar-refractivity contribution is 5.91. The Morgan fingerprint density at radius 3 is 2.72 bits per heavy atom. The number of aliphatic hydroxyl groups excluding tert-OH is 1. The molecule has 1 atom stereocenters. The van der Waals surface area contributed by atoms with Crippen molar-refractivity contribution in [2.75, 3.05) is 23.4 Å². The van der Waals surface area contributed by atoms with E-state index in [0.29, 0.717) is 17.6 Å². The van der Waals surface area contributed by atoms with Gasteiger partial charge in [-0.15, -0.1) is 0 Å². The number of hydrogen-bond acceptors (Lipinski definition) is 6. The van der Waals surface area contributed by atoms with Crippen LogP contribution in [0.3, 0.4) is 0 Å². The first-order valence-electron chi connectivity index (χ1n) is 9.82. The summed E-state index contributed by atoms with van der Waals surface area (Å²) < 4.78 is 1.97. The Hall–Kier alpha value is -3.45. The fourth-order valence-electron chi connectivity index (χ4n) is 3.83. The third kappa shape index (κ3) is 3.40. The predicted octanol–water partition coefficient (Wildman–Crippen LogP) is 3.52. The molecule has 1 aliphatic rings. The normalized spacial score (nSPS) is 16.4. The highest BCUT2D eigenvalue weighted by Gasteiger charge is 2.26. The predicted molar refractivity (Wildman–Crippen MR) is 114 cm³/mol. The second-order valence-electron chi connectivity index (χ2n) is 7.19. The highest BCUT2D eigenvalue weighted by atomic mass is 16.3. The Kier molecular flexibility index (Phi) is 4.57. The summed E-state index contributed by atoms with van der Waals surface area (Å²) in [5.41, 5.74) is 1.91. The Balaban J connectivity index is 1.52. The number of para-hydroxylation sites is 2. The molecule has 1 saturated heterocycles. The third-order valence-corrected chi connectivity index (χ3v) is 5.32. The van der Waals surface area contributed by atoms with Crippen molar-refractivity contribution in [2.45, 2.75) is 18.9 Å². The van der Waals surface area contributed by atoms with E-state index in [1.54, 1.807) is 6.33 Å². The zero-order valence-electron chi connectivity index (χ0n) is 15.9. The first-order valence-corrected chi connectivity index (χ1v) is 9.82. The van der Waals surface area contributed by atoms with Crippen molar-refractivity contribution in [1.29, 1.82) is 0 Å². The number of rotatable bonds is 5. The van der Waals surface area contributed by atoms with Crippen LogP contribution < -0.4 is 10.2 Å². The van der Waals surface area contributed by atoms with Gasteiger partial charge in [-0.2, -0.15) is 4.98 Å². The van der Waals surface area contributed by atoms with Gasteiger partial charge in [0.1, 0.15) is 18.0 Å². The fourth-order valence-corrected chi connectivity index (χ4v) is 3.83. The van der Waals surface area contributed by atoms with E-state index in [2.05, 4.69) is 15.2 Å². The molecule has 2 N–H and O–H groups in total. The molecule has 3 heterocycles. The maximum Gasteiger partial charge on any atom is 0.228 e. The van der Waals surface area contributed by atoms with Gasteiger partial charge in [0.05, 0.1) is 24.4 Å². The summed E-state index contributed by atoms with van der Waals surface area (Å²) in [5, 5.41) is 14.0. The number of benzene rings is 2. The van der Waals surface area contributed by atoms with Crippen LogP contribution >= 0.6 is 0 Å². The molecule has 0 aliphatic carbocycles. The second kappa shape index (κ2) is 7.52. The Morgan fingerprint density at radius 2 is 1.86 bits per heavy atom. The van der Waals surface area contributed by atoms with E-state index < -0.39 is 0 Å². The molecule has 2 aromatic heterocycles. The fraction of sp³-hybridized carbons (Fsp3) is 0.227. The summed E-state index contributed by atoms with van der Waals surface area (Å²) in [4.78, 5) is 16.1. The van der Waals surface area contributed by atoms with Crippen molar-refractivity contribution in [2.24, 2.45) is 0 Å². The van der Waals surface area contributed by atoms with Crippen LogP contribution in [-0.2, 0) is 0 Å².